The molecule has 30 heavy (non-hydrogen) atoms. The average Bonchev–Trinajstić information content (AvgIpc) is 3.09. The molecule has 1 aromatic heterocycles. The number of ether oxygens (including phenoxy) is 1. The number of carbonyl (C=O) groups excluding carboxylic acids is 1. The van der Waals surface area contributed by atoms with Crippen molar-refractivity contribution >= 4 is 16.3 Å². The molecule has 0 radical (unpaired) electrons. The third-order valence-corrected chi connectivity index (χ3v) is 6.70. The quantitative estimate of drug-likeness (QED) is 0.600. The van der Waals surface area contributed by atoms with Gasteiger partial charge in [0, 0.05) is 30.1 Å². The van der Waals surface area contributed by atoms with Crippen LogP contribution in [-0.2, 0) is 14.8 Å². The lowest BCUT2D eigenvalue weighted by Gasteiger charge is -2.27. The topological polar surface area (TPSA) is 101 Å². The minimum atomic E-state index is -4.77. The number of hydrogen-bond donors (Lipinski definition) is 2. The Hall–Kier alpha value is -2.40. The summed E-state index contributed by atoms with van der Waals surface area (Å²) in [4.78, 5) is 18.4. The zero-order valence-electron chi connectivity index (χ0n) is 16.9. The van der Waals surface area contributed by atoms with Gasteiger partial charge in [-0.1, -0.05) is 6.92 Å². The van der Waals surface area contributed by atoms with Crippen LogP contribution in [0.25, 0.3) is 11.3 Å². The van der Waals surface area contributed by atoms with Crippen LogP contribution in [0.5, 0.6) is 5.75 Å². The van der Waals surface area contributed by atoms with E-state index >= 15 is 0 Å². The van der Waals surface area contributed by atoms with Crippen LogP contribution in [0.1, 0.15) is 45.9 Å². The Morgan fingerprint density at radius 3 is 2.30 bits per heavy atom. The summed E-state index contributed by atoms with van der Waals surface area (Å²) in [5.41, 5.74) is 1.00. The fraction of sp³-hybridized carbons (Fsp3) is 0.474. The highest BCUT2D eigenvalue weighted by Gasteiger charge is 2.34. The molecule has 2 unspecified atom stereocenters. The molecule has 1 aromatic carbocycles. The number of sulfonamides is 1. The van der Waals surface area contributed by atoms with Crippen LogP contribution in [0.15, 0.2) is 30.5 Å². The third-order valence-electron chi connectivity index (χ3n) is 4.48. The van der Waals surface area contributed by atoms with E-state index in [1.807, 2.05) is 0 Å². The number of benzene rings is 1. The van der Waals surface area contributed by atoms with Gasteiger partial charge in [-0.2, -0.15) is 0 Å². The van der Waals surface area contributed by atoms with Crippen molar-refractivity contribution in [3.8, 4) is 17.0 Å². The second kappa shape index (κ2) is 8.76. The lowest BCUT2D eigenvalue weighted by molar-refractivity contribution is -0.274. The minimum absolute atomic E-state index is 0.0456. The average molecular weight is 447 g/mol. The van der Waals surface area contributed by atoms with Gasteiger partial charge in [0.1, 0.15) is 17.9 Å². The highest BCUT2D eigenvalue weighted by atomic mass is 32.2. The van der Waals surface area contributed by atoms with Gasteiger partial charge in [0.2, 0.25) is 10.0 Å². The predicted octanol–water partition coefficient (Wildman–Crippen LogP) is 3.75. The number of nitrogens with one attached hydrogen (secondary N) is 2. The fourth-order valence-electron chi connectivity index (χ4n) is 2.57. The maximum absolute atomic E-state index is 12.5. The van der Waals surface area contributed by atoms with E-state index in [0.717, 1.165) is 0 Å². The van der Waals surface area contributed by atoms with Crippen molar-refractivity contribution in [2.75, 3.05) is 0 Å². The Morgan fingerprint density at radius 2 is 1.80 bits per heavy atom. The van der Waals surface area contributed by atoms with E-state index in [1.54, 1.807) is 33.9 Å². The summed E-state index contributed by atoms with van der Waals surface area (Å²) in [5, 5.41) is 0. The lowest BCUT2D eigenvalue weighted by Crippen LogP contribution is -2.46. The van der Waals surface area contributed by atoms with Gasteiger partial charge < -0.3 is 14.5 Å². The number of nitrogens with zero attached hydrogens (tertiary/aromatic N) is 1. The summed E-state index contributed by atoms with van der Waals surface area (Å²) in [5.74, 6) is -0.379. The number of aldehydes is 1. The first-order valence-electron chi connectivity index (χ1n) is 9.10. The summed E-state index contributed by atoms with van der Waals surface area (Å²) < 4.78 is 67.1. The Labute approximate surface area is 173 Å². The van der Waals surface area contributed by atoms with E-state index < -0.39 is 33.1 Å². The largest absolute Gasteiger partial charge is 0.573 e. The van der Waals surface area contributed by atoms with Crippen LogP contribution in [0, 0.1) is 0 Å². The molecule has 11 heteroatoms. The molecule has 0 aliphatic carbocycles. The van der Waals surface area contributed by atoms with Crippen molar-refractivity contribution < 1.29 is 31.1 Å². The second-order valence-corrected chi connectivity index (χ2v) is 10.2. The first-order valence-corrected chi connectivity index (χ1v) is 10.6. The number of aromatic nitrogens is 2. The van der Waals surface area contributed by atoms with Crippen LogP contribution in [-0.4, -0.2) is 41.8 Å². The number of aromatic amines is 1. The minimum Gasteiger partial charge on any atom is -0.406 e. The summed E-state index contributed by atoms with van der Waals surface area (Å²) >= 11 is 0. The maximum Gasteiger partial charge on any atom is 0.573 e. The molecule has 7 nitrogen and oxygen atoms in total. The van der Waals surface area contributed by atoms with Gasteiger partial charge in [0.25, 0.3) is 0 Å². The number of imidazole rings is 1. The van der Waals surface area contributed by atoms with Crippen LogP contribution in [0.3, 0.4) is 0 Å². The molecule has 0 aliphatic rings. The smallest absolute Gasteiger partial charge is 0.406 e. The maximum atomic E-state index is 12.5. The van der Waals surface area contributed by atoms with Gasteiger partial charge in [-0.15, -0.1) is 13.2 Å². The van der Waals surface area contributed by atoms with Gasteiger partial charge >= 0.3 is 6.36 Å². The Bertz CT molecular complexity index is 964. The van der Waals surface area contributed by atoms with Gasteiger partial charge in [0.15, 0.2) is 0 Å². The van der Waals surface area contributed by atoms with Crippen LogP contribution in [0.2, 0.25) is 0 Å². The fourth-order valence-corrected chi connectivity index (χ4v) is 3.62. The van der Waals surface area contributed by atoms with Gasteiger partial charge in [0.05, 0.1) is 10.4 Å². The molecular weight excluding hydrogens is 423 g/mol. The molecule has 2 N–H and O–H groups in total. The van der Waals surface area contributed by atoms with E-state index in [-0.39, 0.29) is 12.2 Å². The summed E-state index contributed by atoms with van der Waals surface area (Å²) in [7, 11) is -3.69. The molecule has 2 aromatic rings. The SMILES string of the molecule is CC(c1nc(-c2ccc(OC(F)(F)F)cc2)c[nH]1)C(CC=O)NS(=O)(=O)C(C)(C)C. The van der Waals surface area contributed by atoms with Crippen molar-refractivity contribution in [2.24, 2.45) is 0 Å². The van der Waals surface area contributed by atoms with Gasteiger partial charge in [-0.05, 0) is 45.0 Å². The van der Waals surface area contributed by atoms with Crippen LogP contribution >= 0.6 is 0 Å². The van der Waals surface area contributed by atoms with E-state index in [4.69, 9.17) is 0 Å². The molecule has 0 fully saturated rings. The Kier molecular flexibility index (Phi) is 6.97. The van der Waals surface area contributed by atoms with Gasteiger partial charge in [-0.3, -0.25) is 0 Å². The zero-order chi connectivity index (χ0) is 22.7. The Balaban J connectivity index is 2.21. The normalized spacial score (nSPS) is 14.9. The van der Waals surface area contributed by atoms with Gasteiger partial charge in [-0.25, -0.2) is 18.1 Å². The highest BCUT2D eigenvalue weighted by Crippen LogP contribution is 2.28. The molecule has 0 aliphatic heterocycles. The number of H-pyrrole nitrogens is 1. The first kappa shape index (κ1) is 23.9. The van der Waals surface area contributed by atoms with Crippen LogP contribution in [0.4, 0.5) is 13.2 Å². The van der Waals surface area contributed by atoms with E-state index in [0.29, 0.717) is 23.4 Å². The molecule has 1 heterocycles. The van der Waals surface area contributed by atoms with Crippen molar-refractivity contribution in [1.82, 2.24) is 14.7 Å². The molecule has 0 saturated heterocycles. The van der Waals surface area contributed by atoms with E-state index in [2.05, 4.69) is 19.4 Å². The molecule has 0 bridgehead atoms. The predicted molar refractivity (Wildman–Crippen MR) is 105 cm³/mol. The first-order chi connectivity index (χ1) is 13.7. The second-order valence-electron chi connectivity index (χ2n) is 7.77. The molecule has 0 amide bonds. The number of rotatable bonds is 8. The molecule has 166 valence electrons. The lowest BCUT2D eigenvalue weighted by atomic mass is 10.00. The number of halogens is 3. The van der Waals surface area contributed by atoms with Crippen molar-refractivity contribution in [3.63, 3.8) is 0 Å². The third kappa shape index (κ3) is 6.05. The number of carbonyl (C=O) groups is 1. The molecular formula is C19H24F3N3O4S. The standard InChI is InChI=1S/C19H24F3N3O4S/c1-12(15(9-10-26)25-30(27,28)18(2,3)4)17-23-11-16(24-17)13-5-7-14(8-6-13)29-19(20,21)22/h5-8,10-12,15,25H,9H2,1-4H3,(H,23,24). The number of alkyl halides is 3. The highest BCUT2D eigenvalue weighted by molar-refractivity contribution is 7.90. The van der Waals surface area contributed by atoms with E-state index in [9.17, 15) is 26.4 Å². The summed E-state index contributed by atoms with van der Waals surface area (Å²) in [6, 6.07) is 4.49. The summed E-state index contributed by atoms with van der Waals surface area (Å²) in [6.45, 7) is 6.38. The molecule has 2 atom stereocenters. The molecule has 0 saturated carbocycles. The molecule has 0 spiro atoms. The zero-order valence-corrected chi connectivity index (χ0v) is 17.8. The van der Waals surface area contributed by atoms with Crippen LogP contribution < -0.4 is 9.46 Å². The van der Waals surface area contributed by atoms with E-state index in [1.165, 1.54) is 24.3 Å². The Morgan fingerprint density at radius 1 is 1.20 bits per heavy atom. The van der Waals surface area contributed by atoms with Crippen molar-refractivity contribution in [1.29, 1.82) is 0 Å². The monoisotopic (exact) mass is 447 g/mol. The van der Waals surface area contributed by atoms with Crippen molar-refractivity contribution in [2.45, 2.75) is 57.2 Å². The van der Waals surface area contributed by atoms with Crippen molar-refractivity contribution in [3.05, 3.63) is 36.3 Å². The molecule has 2 rings (SSSR count). The summed E-state index contributed by atoms with van der Waals surface area (Å²) in [6.07, 6.45) is -2.63. The number of hydrogen-bond acceptors (Lipinski definition) is 5.